The minimum Gasteiger partial charge on any atom is -0.384 e. The van der Waals surface area contributed by atoms with Gasteiger partial charge in [-0.2, -0.15) is 0 Å². The number of aliphatic hydroxyl groups is 1. The van der Waals surface area contributed by atoms with E-state index < -0.39 is 11.9 Å². The first kappa shape index (κ1) is 13.2. The quantitative estimate of drug-likeness (QED) is 0.939. The number of aromatic nitrogens is 1. The van der Waals surface area contributed by atoms with Gasteiger partial charge in [-0.1, -0.05) is 22.9 Å². The maximum Gasteiger partial charge on any atom is 0.129 e. The van der Waals surface area contributed by atoms with Gasteiger partial charge in [0.2, 0.25) is 0 Å². The summed E-state index contributed by atoms with van der Waals surface area (Å²) in [6.45, 7) is 1.98. The van der Waals surface area contributed by atoms with Crippen molar-refractivity contribution in [1.82, 2.24) is 4.98 Å². The molecule has 1 atom stereocenters. The van der Waals surface area contributed by atoms with E-state index >= 15 is 0 Å². The molecule has 1 aromatic heterocycles. The van der Waals surface area contributed by atoms with E-state index in [2.05, 4.69) is 20.9 Å². The zero-order valence-corrected chi connectivity index (χ0v) is 11.5. The van der Waals surface area contributed by atoms with Crippen molar-refractivity contribution in [3.05, 3.63) is 63.6 Å². The number of pyridine rings is 1. The number of benzene rings is 1. The molecule has 0 aliphatic heterocycles. The number of hydrogen-bond acceptors (Lipinski definition) is 2. The summed E-state index contributed by atoms with van der Waals surface area (Å²) >= 11 is 3.28. The van der Waals surface area contributed by atoms with Crippen molar-refractivity contribution >= 4 is 15.9 Å². The van der Waals surface area contributed by atoms with Gasteiger partial charge in [-0.25, -0.2) is 4.39 Å². The van der Waals surface area contributed by atoms with Crippen LogP contribution in [-0.4, -0.2) is 10.1 Å². The molecule has 1 unspecified atom stereocenters. The lowest BCUT2D eigenvalue weighted by Crippen LogP contribution is -2.06. The molecule has 1 N–H and O–H groups in total. The van der Waals surface area contributed by atoms with Crippen LogP contribution < -0.4 is 0 Å². The summed E-state index contributed by atoms with van der Waals surface area (Å²) in [5, 5.41) is 10.3. The van der Waals surface area contributed by atoms with Crippen LogP contribution in [-0.2, 0) is 6.42 Å². The molecule has 0 saturated carbocycles. The van der Waals surface area contributed by atoms with E-state index in [0.717, 1.165) is 16.5 Å². The predicted octanol–water partition coefficient (Wildman–Crippen LogP) is 3.63. The van der Waals surface area contributed by atoms with Gasteiger partial charge in [0.15, 0.2) is 0 Å². The molecule has 0 spiro atoms. The van der Waals surface area contributed by atoms with Crippen molar-refractivity contribution in [2.45, 2.75) is 19.4 Å². The summed E-state index contributed by atoms with van der Waals surface area (Å²) in [4.78, 5) is 4.02. The molecule has 4 heteroatoms. The summed E-state index contributed by atoms with van der Waals surface area (Å²) in [6.07, 6.45) is 3.08. The average molecular weight is 310 g/mol. The van der Waals surface area contributed by atoms with E-state index in [9.17, 15) is 9.50 Å². The number of aryl methyl sites for hydroxylation is 1. The Morgan fingerprint density at radius 1 is 1.33 bits per heavy atom. The van der Waals surface area contributed by atoms with Crippen LogP contribution in [0.1, 0.15) is 29.7 Å². The molecule has 0 aliphatic rings. The summed E-state index contributed by atoms with van der Waals surface area (Å²) in [5.41, 5.74) is 1.89. The lowest BCUT2D eigenvalue weighted by molar-refractivity contribution is 0.213. The van der Waals surface area contributed by atoms with Gasteiger partial charge < -0.3 is 5.11 Å². The number of halogens is 2. The van der Waals surface area contributed by atoms with Crippen LogP contribution in [0.4, 0.5) is 4.39 Å². The summed E-state index contributed by atoms with van der Waals surface area (Å²) < 4.78 is 14.5. The van der Waals surface area contributed by atoms with Crippen molar-refractivity contribution in [3.8, 4) is 0 Å². The molecule has 2 aromatic rings. The van der Waals surface area contributed by atoms with E-state index in [1.807, 2.05) is 6.92 Å². The Kier molecular flexibility index (Phi) is 4.09. The molecule has 2 rings (SSSR count). The molecule has 0 bridgehead atoms. The molecular formula is C14H13BrFNO. The van der Waals surface area contributed by atoms with Crippen LogP contribution >= 0.6 is 15.9 Å². The largest absolute Gasteiger partial charge is 0.384 e. The van der Waals surface area contributed by atoms with Crippen LogP contribution in [0.5, 0.6) is 0 Å². The number of hydrogen-bond donors (Lipinski definition) is 1. The molecule has 18 heavy (non-hydrogen) atoms. The molecule has 0 radical (unpaired) electrons. The van der Waals surface area contributed by atoms with Gasteiger partial charge >= 0.3 is 0 Å². The Labute approximate surface area is 114 Å². The molecule has 1 aromatic carbocycles. The van der Waals surface area contributed by atoms with Gasteiger partial charge in [0.05, 0.1) is 0 Å². The normalized spacial score (nSPS) is 12.4. The first-order valence-electron chi connectivity index (χ1n) is 5.69. The van der Waals surface area contributed by atoms with Crippen LogP contribution in [0.2, 0.25) is 0 Å². The Hall–Kier alpha value is -1.26. The molecule has 0 fully saturated rings. The lowest BCUT2D eigenvalue weighted by Gasteiger charge is -2.15. The topological polar surface area (TPSA) is 33.1 Å². The summed E-state index contributed by atoms with van der Waals surface area (Å²) in [5.74, 6) is -0.412. The van der Waals surface area contributed by atoms with E-state index in [0.29, 0.717) is 5.56 Å². The van der Waals surface area contributed by atoms with Crippen molar-refractivity contribution in [3.63, 3.8) is 0 Å². The van der Waals surface area contributed by atoms with Gasteiger partial charge in [0, 0.05) is 22.4 Å². The van der Waals surface area contributed by atoms with Crippen molar-refractivity contribution < 1.29 is 9.50 Å². The predicted molar refractivity (Wildman–Crippen MR) is 71.8 cm³/mol. The van der Waals surface area contributed by atoms with Crippen molar-refractivity contribution in [2.75, 3.05) is 0 Å². The number of aliphatic hydroxyl groups excluding tert-OH is 1. The molecule has 0 amide bonds. The maximum absolute atomic E-state index is 13.7. The Bertz CT molecular complexity index is 559. The highest BCUT2D eigenvalue weighted by Gasteiger charge is 2.17. The first-order valence-corrected chi connectivity index (χ1v) is 6.48. The highest BCUT2D eigenvalue weighted by Crippen LogP contribution is 2.28. The Morgan fingerprint density at radius 3 is 2.83 bits per heavy atom. The molecular weight excluding hydrogens is 297 g/mol. The molecule has 2 nitrogen and oxygen atoms in total. The monoisotopic (exact) mass is 309 g/mol. The van der Waals surface area contributed by atoms with Gasteiger partial charge in [-0.15, -0.1) is 0 Å². The van der Waals surface area contributed by atoms with Crippen LogP contribution in [0, 0.1) is 5.82 Å². The SMILES string of the molecule is CCc1cnccc1C(O)c1cc(Br)ccc1F. The van der Waals surface area contributed by atoms with Gasteiger partial charge in [0.1, 0.15) is 11.9 Å². The average Bonchev–Trinajstić information content (AvgIpc) is 2.40. The van der Waals surface area contributed by atoms with E-state index in [4.69, 9.17) is 0 Å². The second-order valence-corrected chi connectivity index (χ2v) is 4.91. The first-order chi connectivity index (χ1) is 8.63. The third-order valence-corrected chi connectivity index (χ3v) is 3.36. The van der Waals surface area contributed by atoms with Gasteiger partial charge in [-0.3, -0.25) is 4.98 Å². The van der Waals surface area contributed by atoms with Crippen molar-refractivity contribution in [2.24, 2.45) is 0 Å². The second-order valence-electron chi connectivity index (χ2n) is 4.00. The van der Waals surface area contributed by atoms with Crippen LogP contribution in [0.25, 0.3) is 0 Å². The fourth-order valence-corrected chi connectivity index (χ4v) is 2.27. The fraction of sp³-hybridized carbons (Fsp3) is 0.214. The highest BCUT2D eigenvalue weighted by atomic mass is 79.9. The van der Waals surface area contributed by atoms with Crippen LogP contribution in [0.15, 0.2) is 41.1 Å². The molecule has 1 heterocycles. The second kappa shape index (κ2) is 5.59. The minimum absolute atomic E-state index is 0.269. The number of rotatable bonds is 3. The third-order valence-electron chi connectivity index (χ3n) is 2.87. The van der Waals surface area contributed by atoms with Gasteiger partial charge in [-0.05, 0) is 41.8 Å². The minimum atomic E-state index is -0.972. The van der Waals surface area contributed by atoms with Crippen molar-refractivity contribution in [1.29, 1.82) is 0 Å². The summed E-state index contributed by atoms with van der Waals surface area (Å²) in [7, 11) is 0. The van der Waals surface area contributed by atoms with Crippen LogP contribution in [0.3, 0.4) is 0 Å². The Balaban J connectivity index is 2.47. The zero-order valence-electron chi connectivity index (χ0n) is 9.90. The fourth-order valence-electron chi connectivity index (χ4n) is 1.89. The maximum atomic E-state index is 13.7. The molecule has 0 aliphatic carbocycles. The van der Waals surface area contributed by atoms with E-state index in [1.165, 1.54) is 6.07 Å². The van der Waals surface area contributed by atoms with E-state index in [1.54, 1.807) is 30.6 Å². The molecule has 94 valence electrons. The molecule has 0 saturated heterocycles. The Morgan fingerprint density at radius 2 is 2.11 bits per heavy atom. The van der Waals surface area contributed by atoms with Gasteiger partial charge in [0.25, 0.3) is 0 Å². The smallest absolute Gasteiger partial charge is 0.129 e. The van der Waals surface area contributed by atoms with E-state index in [-0.39, 0.29) is 5.56 Å². The standard InChI is InChI=1S/C14H13BrFNO/c1-2-9-8-17-6-5-11(9)14(18)12-7-10(15)3-4-13(12)16/h3-8,14,18H,2H2,1H3. The summed E-state index contributed by atoms with van der Waals surface area (Å²) in [6, 6.07) is 6.28. The lowest BCUT2D eigenvalue weighted by atomic mass is 9.97. The number of nitrogens with zero attached hydrogens (tertiary/aromatic N) is 1. The highest BCUT2D eigenvalue weighted by molar-refractivity contribution is 9.10. The third kappa shape index (κ3) is 2.60. The zero-order chi connectivity index (χ0) is 13.1.